The van der Waals surface area contributed by atoms with Gasteiger partial charge in [-0.05, 0) is 54.7 Å². The largest absolute Gasteiger partial charge is 0.335 e. The molecule has 5 nitrogen and oxygen atoms in total. The lowest BCUT2D eigenvalue weighted by Gasteiger charge is -2.22. The highest BCUT2D eigenvalue weighted by molar-refractivity contribution is 5.77. The highest BCUT2D eigenvalue weighted by Gasteiger charge is 2.32. The number of aryl methyl sites for hydroxylation is 1. The maximum Gasteiger partial charge on any atom is 0.223 e. The second kappa shape index (κ2) is 7.52. The predicted molar refractivity (Wildman–Crippen MR) is 99.7 cm³/mol. The van der Waals surface area contributed by atoms with Crippen LogP contribution in [0.4, 0.5) is 0 Å². The molecule has 0 N–H and O–H groups in total. The average Bonchev–Trinajstić information content (AvgIpc) is 3.42. The van der Waals surface area contributed by atoms with Crippen molar-refractivity contribution in [2.45, 2.75) is 38.3 Å². The maximum absolute atomic E-state index is 12.8. The first-order valence-electron chi connectivity index (χ1n) is 9.07. The van der Waals surface area contributed by atoms with Crippen molar-refractivity contribution in [1.82, 2.24) is 19.7 Å². The molecule has 1 amide bonds. The van der Waals surface area contributed by atoms with Crippen molar-refractivity contribution >= 4 is 5.91 Å². The number of hydrogen-bond donors (Lipinski definition) is 0. The van der Waals surface area contributed by atoms with Crippen molar-refractivity contribution in [3.63, 3.8) is 0 Å². The zero-order chi connectivity index (χ0) is 17.8. The standard InChI is InChI=1S/C21H22N4O/c26-21(24(19-7-8-19)15-17-10-12-22-13-11-17)9-6-18-14-23-25(16-18)20-4-2-1-3-5-20/h1-5,10-14,16,19H,6-9,15H2. The van der Waals surface area contributed by atoms with Crippen molar-refractivity contribution in [2.24, 2.45) is 0 Å². The van der Waals surface area contributed by atoms with E-state index in [1.807, 2.05) is 64.4 Å². The Labute approximate surface area is 153 Å². The minimum absolute atomic E-state index is 0.219. The van der Waals surface area contributed by atoms with E-state index in [4.69, 9.17) is 0 Å². The van der Waals surface area contributed by atoms with E-state index in [2.05, 4.69) is 10.1 Å². The summed E-state index contributed by atoms with van der Waals surface area (Å²) in [6.45, 7) is 0.676. The molecule has 1 aromatic carbocycles. The van der Waals surface area contributed by atoms with Gasteiger partial charge in [-0.25, -0.2) is 4.68 Å². The van der Waals surface area contributed by atoms with E-state index in [0.717, 1.165) is 29.7 Å². The lowest BCUT2D eigenvalue weighted by atomic mass is 10.1. The van der Waals surface area contributed by atoms with E-state index in [1.54, 1.807) is 12.4 Å². The molecule has 0 radical (unpaired) electrons. The van der Waals surface area contributed by atoms with Crippen molar-refractivity contribution in [3.05, 3.63) is 78.4 Å². The fraction of sp³-hybridized carbons (Fsp3) is 0.286. The molecule has 0 unspecified atom stereocenters. The third kappa shape index (κ3) is 3.99. The fourth-order valence-corrected chi connectivity index (χ4v) is 3.10. The van der Waals surface area contributed by atoms with Crippen molar-refractivity contribution < 1.29 is 4.79 Å². The molecule has 1 aliphatic carbocycles. The monoisotopic (exact) mass is 346 g/mol. The Hall–Kier alpha value is -2.95. The Morgan fingerprint density at radius 1 is 1.08 bits per heavy atom. The summed E-state index contributed by atoms with van der Waals surface area (Å²) < 4.78 is 1.86. The van der Waals surface area contributed by atoms with Crippen LogP contribution in [-0.2, 0) is 17.8 Å². The summed E-state index contributed by atoms with van der Waals surface area (Å²) in [5.41, 5.74) is 3.25. The van der Waals surface area contributed by atoms with Crippen LogP contribution in [0.3, 0.4) is 0 Å². The van der Waals surface area contributed by atoms with Crippen LogP contribution in [0.15, 0.2) is 67.3 Å². The van der Waals surface area contributed by atoms with Crippen molar-refractivity contribution in [1.29, 1.82) is 0 Å². The Kier molecular flexibility index (Phi) is 4.78. The molecule has 132 valence electrons. The van der Waals surface area contributed by atoms with E-state index in [9.17, 15) is 4.79 Å². The number of benzene rings is 1. The van der Waals surface area contributed by atoms with Crippen LogP contribution in [-0.4, -0.2) is 31.6 Å². The van der Waals surface area contributed by atoms with Crippen LogP contribution in [0.25, 0.3) is 5.69 Å². The minimum atomic E-state index is 0.219. The average molecular weight is 346 g/mol. The van der Waals surface area contributed by atoms with E-state index in [-0.39, 0.29) is 5.91 Å². The normalized spacial score (nSPS) is 13.5. The van der Waals surface area contributed by atoms with Gasteiger partial charge in [0.15, 0.2) is 0 Å². The predicted octanol–water partition coefficient (Wildman–Crippen LogP) is 3.39. The van der Waals surface area contributed by atoms with Gasteiger partial charge in [0.2, 0.25) is 5.91 Å². The molecule has 1 saturated carbocycles. The molecule has 0 bridgehead atoms. The topological polar surface area (TPSA) is 51.0 Å². The van der Waals surface area contributed by atoms with Gasteiger partial charge < -0.3 is 4.90 Å². The number of amides is 1. The number of nitrogens with zero attached hydrogens (tertiary/aromatic N) is 4. The molecule has 26 heavy (non-hydrogen) atoms. The van der Waals surface area contributed by atoms with Gasteiger partial charge in [-0.3, -0.25) is 9.78 Å². The summed E-state index contributed by atoms with van der Waals surface area (Å²) in [7, 11) is 0. The van der Waals surface area contributed by atoms with Gasteiger partial charge >= 0.3 is 0 Å². The molecule has 1 fully saturated rings. The molecule has 2 aromatic heterocycles. The Balaban J connectivity index is 1.37. The van der Waals surface area contributed by atoms with Gasteiger partial charge in [-0.1, -0.05) is 18.2 Å². The van der Waals surface area contributed by atoms with Gasteiger partial charge in [0.1, 0.15) is 0 Å². The molecule has 0 spiro atoms. The van der Waals surface area contributed by atoms with Crippen LogP contribution < -0.4 is 0 Å². The number of carbonyl (C=O) groups is 1. The van der Waals surface area contributed by atoms with Gasteiger partial charge in [0.05, 0.1) is 11.9 Å². The molecular weight excluding hydrogens is 324 g/mol. The van der Waals surface area contributed by atoms with Crippen LogP contribution in [0, 0.1) is 0 Å². The summed E-state index contributed by atoms with van der Waals surface area (Å²) >= 11 is 0. The first-order valence-corrected chi connectivity index (χ1v) is 9.07. The number of rotatable bonds is 7. The van der Waals surface area contributed by atoms with Crippen LogP contribution >= 0.6 is 0 Å². The third-order valence-electron chi connectivity index (χ3n) is 4.69. The van der Waals surface area contributed by atoms with Crippen molar-refractivity contribution in [3.8, 4) is 5.69 Å². The fourth-order valence-electron chi connectivity index (χ4n) is 3.10. The smallest absolute Gasteiger partial charge is 0.223 e. The van der Waals surface area contributed by atoms with Crippen molar-refractivity contribution in [2.75, 3.05) is 0 Å². The summed E-state index contributed by atoms with van der Waals surface area (Å²) in [6, 6.07) is 14.4. The Morgan fingerprint density at radius 2 is 1.85 bits per heavy atom. The third-order valence-corrected chi connectivity index (χ3v) is 4.69. The molecule has 3 aromatic rings. The molecule has 2 heterocycles. The summed E-state index contributed by atoms with van der Waals surface area (Å²) in [5.74, 6) is 0.219. The number of para-hydroxylation sites is 1. The first-order chi connectivity index (χ1) is 12.8. The molecule has 0 saturated heterocycles. The summed E-state index contributed by atoms with van der Waals surface area (Å²) in [5, 5.41) is 4.41. The number of aromatic nitrogens is 3. The minimum Gasteiger partial charge on any atom is -0.335 e. The van der Waals surface area contributed by atoms with Crippen LogP contribution in [0.1, 0.15) is 30.4 Å². The molecule has 4 rings (SSSR count). The first kappa shape index (κ1) is 16.5. The molecule has 5 heteroatoms. The number of hydrogen-bond acceptors (Lipinski definition) is 3. The van der Waals surface area contributed by atoms with Crippen LogP contribution in [0.5, 0.6) is 0 Å². The highest BCUT2D eigenvalue weighted by Crippen LogP contribution is 2.29. The van der Waals surface area contributed by atoms with E-state index < -0.39 is 0 Å². The van der Waals surface area contributed by atoms with Gasteiger partial charge in [-0.2, -0.15) is 5.10 Å². The van der Waals surface area contributed by atoms with Gasteiger partial charge in [-0.15, -0.1) is 0 Å². The second-order valence-electron chi connectivity index (χ2n) is 6.74. The van der Waals surface area contributed by atoms with E-state index in [0.29, 0.717) is 25.4 Å². The SMILES string of the molecule is O=C(CCc1cnn(-c2ccccc2)c1)N(Cc1ccncc1)C1CC1. The molecular formula is C21H22N4O. The molecule has 0 atom stereocenters. The van der Waals surface area contributed by atoms with Gasteiger partial charge in [0, 0.05) is 37.6 Å². The lowest BCUT2D eigenvalue weighted by Crippen LogP contribution is -2.32. The number of pyridine rings is 1. The van der Waals surface area contributed by atoms with Crippen LogP contribution in [0.2, 0.25) is 0 Å². The maximum atomic E-state index is 12.8. The number of carbonyl (C=O) groups excluding carboxylic acids is 1. The Morgan fingerprint density at radius 3 is 2.58 bits per heavy atom. The van der Waals surface area contributed by atoms with E-state index in [1.165, 1.54) is 0 Å². The zero-order valence-corrected chi connectivity index (χ0v) is 14.7. The summed E-state index contributed by atoms with van der Waals surface area (Å²) in [6.07, 6.45) is 10.9. The second-order valence-corrected chi connectivity index (χ2v) is 6.74. The molecule has 1 aliphatic rings. The summed E-state index contributed by atoms with van der Waals surface area (Å²) in [4.78, 5) is 18.8. The van der Waals surface area contributed by atoms with E-state index >= 15 is 0 Å². The van der Waals surface area contributed by atoms with Gasteiger partial charge in [0.25, 0.3) is 0 Å². The Bertz CT molecular complexity index is 856. The zero-order valence-electron chi connectivity index (χ0n) is 14.7. The molecule has 0 aliphatic heterocycles. The highest BCUT2D eigenvalue weighted by atomic mass is 16.2. The quantitative estimate of drug-likeness (QED) is 0.659. The lowest BCUT2D eigenvalue weighted by molar-refractivity contribution is -0.132.